The van der Waals surface area contributed by atoms with Crippen LogP contribution in [-0.2, 0) is 4.89 Å². The molecule has 0 fully saturated rings. The summed E-state index contributed by atoms with van der Waals surface area (Å²) in [6, 6.07) is 0. The molecule has 0 unspecified atom stereocenters. The first kappa shape index (κ1) is 5.21. The van der Waals surface area contributed by atoms with Crippen LogP contribution in [0, 0.1) is 0 Å². The molecule has 0 saturated heterocycles. The van der Waals surface area contributed by atoms with Crippen LogP contribution in [0.5, 0.6) is 0 Å². The van der Waals surface area contributed by atoms with E-state index >= 15 is 0 Å². The molecular weight excluding hydrogens is 91.5 g/mol. The van der Waals surface area contributed by atoms with Gasteiger partial charge in [0.1, 0.15) is 0 Å². The molecule has 32 valence electrons. The summed E-state index contributed by atoms with van der Waals surface area (Å²) in [4.78, 5) is 3.56. The fourth-order valence-electron chi connectivity index (χ4n) is 0.0345. The first-order valence-electron chi connectivity index (χ1n) is 1.24. The van der Waals surface area contributed by atoms with Gasteiger partial charge in [0, 0.05) is 5.88 Å². The summed E-state index contributed by atoms with van der Waals surface area (Å²) < 4.78 is 0. The van der Waals surface area contributed by atoms with Gasteiger partial charge in [-0.2, -0.15) is 0 Å². The van der Waals surface area contributed by atoms with Crippen LogP contribution < -0.4 is 0 Å². The molecule has 3 heteroatoms. The lowest BCUT2D eigenvalue weighted by Crippen LogP contribution is -1.86. The monoisotopic (exact) mass is 96.0 g/mol. The van der Waals surface area contributed by atoms with Gasteiger partial charge in [0.2, 0.25) is 0 Å². The van der Waals surface area contributed by atoms with Crippen LogP contribution in [0.15, 0.2) is 0 Å². The molecule has 0 heterocycles. The van der Waals surface area contributed by atoms with Gasteiger partial charge in [0.05, 0.1) is 6.61 Å². The first-order chi connectivity index (χ1) is 2.41. The molecule has 0 aromatic heterocycles. The van der Waals surface area contributed by atoms with E-state index in [-0.39, 0.29) is 6.61 Å². The second-order valence-electron chi connectivity index (χ2n) is 0.522. The van der Waals surface area contributed by atoms with Gasteiger partial charge in [-0.25, -0.2) is 4.89 Å². The molecule has 5 heavy (non-hydrogen) atoms. The minimum absolute atomic E-state index is 0.210. The van der Waals surface area contributed by atoms with Crippen molar-refractivity contribution in [1.82, 2.24) is 0 Å². The summed E-state index contributed by atoms with van der Waals surface area (Å²) in [5, 5.41) is 7.48. The Bertz CT molecular complexity index is 15.1. The molecule has 0 bridgehead atoms. The zero-order valence-corrected chi connectivity index (χ0v) is 3.40. The highest BCUT2D eigenvalue weighted by molar-refractivity contribution is 6.17. The Morgan fingerprint density at radius 1 is 1.80 bits per heavy atom. The smallest absolute Gasteiger partial charge is 0.0955 e. The predicted octanol–water partition coefficient (Wildman–Crippen LogP) is 0.715. The molecule has 0 amide bonds. The van der Waals surface area contributed by atoms with Gasteiger partial charge in [0.25, 0.3) is 0 Å². The largest absolute Gasteiger partial charge is 0.252 e. The number of hydrogen-bond donors (Lipinski definition) is 1. The van der Waals surface area contributed by atoms with E-state index in [1.54, 1.807) is 0 Å². The van der Waals surface area contributed by atoms with Crippen molar-refractivity contribution in [2.75, 3.05) is 12.5 Å². The molecule has 0 aromatic rings. The van der Waals surface area contributed by atoms with Crippen LogP contribution >= 0.6 is 11.6 Å². The average Bonchev–Trinajstić information content (AvgIpc) is 1.41. The number of halogens is 1. The Kier molecular flexibility index (Phi) is 4.39. The van der Waals surface area contributed by atoms with Crippen LogP contribution in [0.3, 0.4) is 0 Å². The van der Waals surface area contributed by atoms with Gasteiger partial charge in [0.15, 0.2) is 0 Å². The predicted molar refractivity (Wildman–Crippen MR) is 19.3 cm³/mol. The van der Waals surface area contributed by atoms with Crippen molar-refractivity contribution in [2.45, 2.75) is 0 Å². The molecule has 2 nitrogen and oxygen atoms in total. The Morgan fingerprint density at radius 2 is 2.40 bits per heavy atom. The molecular formula is C2H5ClO2. The van der Waals surface area contributed by atoms with E-state index in [1.807, 2.05) is 0 Å². The molecule has 0 aliphatic rings. The van der Waals surface area contributed by atoms with Crippen LogP contribution in [0.4, 0.5) is 0 Å². The van der Waals surface area contributed by atoms with E-state index in [4.69, 9.17) is 16.9 Å². The third-order valence-corrected chi connectivity index (χ3v) is 0.323. The molecule has 0 radical (unpaired) electrons. The van der Waals surface area contributed by atoms with Crippen LogP contribution in [0.25, 0.3) is 0 Å². The molecule has 0 saturated carbocycles. The Hall–Kier alpha value is 0.210. The number of alkyl halides is 1. The molecule has 1 N–H and O–H groups in total. The normalized spacial score (nSPS) is 8.40. The van der Waals surface area contributed by atoms with Gasteiger partial charge < -0.3 is 0 Å². The van der Waals surface area contributed by atoms with Gasteiger partial charge in [-0.1, -0.05) is 0 Å². The summed E-state index contributed by atoms with van der Waals surface area (Å²) in [7, 11) is 0. The minimum atomic E-state index is 0.210. The van der Waals surface area contributed by atoms with Crippen molar-refractivity contribution in [1.29, 1.82) is 0 Å². The van der Waals surface area contributed by atoms with Crippen molar-refractivity contribution in [2.24, 2.45) is 0 Å². The summed E-state index contributed by atoms with van der Waals surface area (Å²) in [6.07, 6.45) is 0. The Balaban J connectivity index is 2.19. The quantitative estimate of drug-likeness (QED) is 0.312. The van der Waals surface area contributed by atoms with E-state index in [9.17, 15) is 0 Å². The summed E-state index contributed by atoms with van der Waals surface area (Å²) in [5.74, 6) is 0.344. The molecule has 0 aromatic carbocycles. The van der Waals surface area contributed by atoms with E-state index in [0.29, 0.717) is 5.88 Å². The van der Waals surface area contributed by atoms with E-state index in [0.717, 1.165) is 0 Å². The first-order valence-corrected chi connectivity index (χ1v) is 1.77. The second-order valence-corrected chi connectivity index (χ2v) is 0.900. The fourth-order valence-corrected chi connectivity index (χ4v) is 0.104. The van der Waals surface area contributed by atoms with Gasteiger partial charge in [-0.15, -0.1) is 11.6 Å². The van der Waals surface area contributed by atoms with Crippen molar-refractivity contribution < 1.29 is 10.1 Å². The summed E-state index contributed by atoms with van der Waals surface area (Å²) in [5.41, 5.74) is 0. The minimum Gasteiger partial charge on any atom is -0.252 e. The molecule has 0 rings (SSSR count). The van der Waals surface area contributed by atoms with Crippen molar-refractivity contribution in [3.63, 3.8) is 0 Å². The topological polar surface area (TPSA) is 29.5 Å². The Morgan fingerprint density at radius 3 is 2.40 bits per heavy atom. The highest BCUT2D eigenvalue weighted by Gasteiger charge is 1.70. The van der Waals surface area contributed by atoms with E-state index in [2.05, 4.69) is 4.89 Å². The van der Waals surface area contributed by atoms with Crippen LogP contribution in [0.2, 0.25) is 0 Å². The highest BCUT2D eigenvalue weighted by Crippen LogP contribution is 1.70. The highest BCUT2D eigenvalue weighted by atomic mass is 35.5. The lowest BCUT2D eigenvalue weighted by Gasteiger charge is -1.80. The fraction of sp³-hybridized carbons (Fsp3) is 1.00. The van der Waals surface area contributed by atoms with E-state index in [1.165, 1.54) is 0 Å². The van der Waals surface area contributed by atoms with Crippen LogP contribution in [0.1, 0.15) is 0 Å². The molecule has 0 aliphatic heterocycles. The number of rotatable bonds is 2. The molecule has 0 spiro atoms. The summed E-state index contributed by atoms with van der Waals surface area (Å²) in [6.45, 7) is 0.210. The van der Waals surface area contributed by atoms with Gasteiger partial charge >= 0.3 is 0 Å². The van der Waals surface area contributed by atoms with Gasteiger partial charge in [-0.05, 0) is 0 Å². The van der Waals surface area contributed by atoms with Crippen LogP contribution in [-0.4, -0.2) is 17.7 Å². The molecule has 0 atom stereocenters. The van der Waals surface area contributed by atoms with Crippen molar-refractivity contribution >= 4 is 11.6 Å². The van der Waals surface area contributed by atoms with Crippen molar-refractivity contribution in [3.8, 4) is 0 Å². The third kappa shape index (κ3) is 4.21. The van der Waals surface area contributed by atoms with E-state index < -0.39 is 0 Å². The van der Waals surface area contributed by atoms with Crippen molar-refractivity contribution in [3.05, 3.63) is 0 Å². The third-order valence-electron chi connectivity index (χ3n) is 0.168. The average molecular weight is 96.5 g/mol. The van der Waals surface area contributed by atoms with Gasteiger partial charge in [-0.3, -0.25) is 5.26 Å². The lowest BCUT2D eigenvalue weighted by atomic mass is 10.9. The Labute approximate surface area is 35.2 Å². The second kappa shape index (κ2) is 4.21. The zero-order chi connectivity index (χ0) is 4.12. The SMILES string of the molecule is OOCCCl. The standard InChI is InChI=1S/C2H5ClO2/c3-1-2-5-4/h4H,1-2H2. The summed E-state index contributed by atoms with van der Waals surface area (Å²) >= 11 is 5.02. The zero-order valence-electron chi connectivity index (χ0n) is 2.65. The molecule has 0 aliphatic carbocycles. The maximum Gasteiger partial charge on any atom is 0.0955 e. The number of hydrogen-bond acceptors (Lipinski definition) is 2. The lowest BCUT2D eigenvalue weighted by molar-refractivity contribution is -0.237. The maximum atomic E-state index is 7.48. The maximum absolute atomic E-state index is 7.48.